The maximum atomic E-state index is 5.61. The topological polar surface area (TPSA) is 61.8 Å². The number of morpholine rings is 1. The average Bonchev–Trinajstić information content (AvgIpc) is 2.71. The second kappa shape index (κ2) is 12.1. The van der Waals surface area contributed by atoms with Gasteiger partial charge in [0.1, 0.15) is 5.82 Å². The lowest BCUT2D eigenvalue weighted by Gasteiger charge is -2.32. The van der Waals surface area contributed by atoms with Crippen LogP contribution >= 0.6 is 24.0 Å². The number of hydrogen-bond donors (Lipinski definition) is 2. The first kappa shape index (κ1) is 24.4. The van der Waals surface area contributed by atoms with E-state index in [4.69, 9.17) is 9.73 Å². The van der Waals surface area contributed by atoms with Crippen LogP contribution in [0.4, 0.5) is 5.82 Å². The van der Waals surface area contributed by atoms with Crippen LogP contribution in [0.3, 0.4) is 0 Å². The van der Waals surface area contributed by atoms with Crippen LogP contribution < -0.4 is 15.5 Å². The van der Waals surface area contributed by atoms with Crippen molar-refractivity contribution < 1.29 is 4.74 Å². The van der Waals surface area contributed by atoms with Crippen LogP contribution in [0.25, 0.3) is 0 Å². The van der Waals surface area contributed by atoms with Crippen molar-refractivity contribution in [2.75, 3.05) is 31.1 Å². The molecular weight excluding hydrogens is 489 g/mol. The molecule has 1 aromatic heterocycles. The summed E-state index contributed by atoms with van der Waals surface area (Å²) in [5.41, 5.74) is 4.96. The Morgan fingerprint density at radius 3 is 2.73 bits per heavy atom. The lowest BCUT2D eigenvalue weighted by Crippen LogP contribution is -2.41. The first-order chi connectivity index (χ1) is 14.0. The number of nitrogens with one attached hydrogen (secondary N) is 2. The normalized spacial score (nSPS) is 16.7. The van der Waals surface area contributed by atoms with Crippen molar-refractivity contribution in [2.24, 2.45) is 4.99 Å². The molecule has 1 aliphatic heterocycles. The highest BCUT2D eigenvalue weighted by atomic mass is 127. The van der Waals surface area contributed by atoms with Gasteiger partial charge in [0, 0.05) is 32.4 Å². The van der Waals surface area contributed by atoms with Gasteiger partial charge in [-0.3, -0.25) is 0 Å². The molecule has 0 radical (unpaired) electrons. The number of ether oxygens (including phenoxy) is 1. The molecule has 2 aromatic rings. The molecule has 1 aromatic carbocycles. The zero-order valence-electron chi connectivity index (χ0n) is 18.4. The minimum atomic E-state index is 0. The van der Waals surface area contributed by atoms with Gasteiger partial charge in [-0.05, 0) is 50.5 Å². The fourth-order valence-electron chi connectivity index (χ4n) is 3.46. The number of anilines is 1. The Kier molecular flexibility index (Phi) is 9.84. The van der Waals surface area contributed by atoms with Gasteiger partial charge >= 0.3 is 0 Å². The molecule has 1 atom stereocenters. The maximum absolute atomic E-state index is 5.61. The van der Waals surface area contributed by atoms with Crippen LogP contribution in [-0.2, 0) is 17.8 Å². The molecule has 1 unspecified atom stereocenters. The largest absolute Gasteiger partial charge is 0.375 e. The van der Waals surface area contributed by atoms with E-state index in [0.717, 1.165) is 50.1 Å². The fraction of sp³-hybridized carbons (Fsp3) is 0.478. The SMILES string of the molecule is CCNC(=NCc1ccc(N2CCOC(C)C2)nc1)NCc1ccc(C)cc1C.I. The molecule has 1 aliphatic rings. The van der Waals surface area contributed by atoms with Crippen LogP contribution in [-0.4, -0.2) is 43.3 Å². The lowest BCUT2D eigenvalue weighted by atomic mass is 10.1. The summed E-state index contributed by atoms with van der Waals surface area (Å²) in [4.78, 5) is 11.6. The summed E-state index contributed by atoms with van der Waals surface area (Å²) in [6, 6.07) is 10.7. The highest BCUT2D eigenvalue weighted by molar-refractivity contribution is 14.0. The number of aromatic nitrogens is 1. The number of halogens is 1. The Bertz CT molecular complexity index is 825. The van der Waals surface area contributed by atoms with Gasteiger partial charge in [-0.25, -0.2) is 9.98 Å². The van der Waals surface area contributed by atoms with Gasteiger partial charge < -0.3 is 20.3 Å². The zero-order valence-corrected chi connectivity index (χ0v) is 20.8. The molecule has 0 bridgehead atoms. The molecule has 6 nitrogen and oxygen atoms in total. The van der Waals surface area contributed by atoms with Gasteiger partial charge in [0.05, 0.1) is 19.3 Å². The molecule has 3 rings (SSSR count). The maximum Gasteiger partial charge on any atom is 0.191 e. The first-order valence-electron chi connectivity index (χ1n) is 10.4. The minimum Gasteiger partial charge on any atom is -0.375 e. The number of nitrogens with zero attached hydrogens (tertiary/aromatic N) is 3. The summed E-state index contributed by atoms with van der Waals surface area (Å²) >= 11 is 0. The van der Waals surface area contributed by atoms with Crippen LogP contribution in [0.5, 0.6) is 0 Å². The predicted molar refractivity (Wildman–Crippen MR) is 135 cm³/mol. The number of guanidine groups is 1. The Hall–Kier alpha value is -1.87. The van der Waals surface area contributed by atoms with Crippen LogP contribution in [0.2, 0.25) is 0 Å². The Balaban J connectivity index is 0.00000320. The number of benzene rings is 1. The first-order valence-corrected chi connectivity index (χ1v) is 10.4. The Morgan fingerprint density at radius 1 is 1.23 bits per heavy atom. The van der Waals surface area contributed by atoms with E-state index in [9.17, 15) is 0 Å². The fourth-order valence-corrected chi connectivity index (χ4v) is 3.46. The van der Waals surface area contributed by atoms with Crippen LogP contribution in [0.1, 0.15) is 36.1 Å². The van der Waals surface area contributed by atoms with E-state index in [2.05, 4.69) is 78.5 Å². The molecule has 7 heteroatoms. The van der Waals surface area contributed by atoms with E-state index in [1.54, 1.807) is 0 Å². The summed E-state index contributed by atoms with van der Waals surface area (Å²) in [6.07, 6.45) is 2.17. The third-order valence-electron chi connectivity index (χ3n) is 5.08. The van der Waals surface area contributed by atoms with Crippen molar-refractivity contribution in [1.29, 1.82) is 0 Å². The second-order valence-corrected chi connectivity index (χ2v) is 7.63. The number of aliphatic imine (C=N–C) groups is 1. The smallest absolute Gasteiger partial charge is 0.191 e. The van der Waals surface area contributed by atoms with E-state index in [1.165, 1.54) is 16.7 Å². The number of pyridine rings is 1. The minimum absolute atomic E-state index is 0. The summed E-state index contributed by atoms with van der Waals surface area (Å²) < 4.78 is 5.61. The summed E-state index contributed by atoms with van der Waals surface area (Å²) in [5.74, 6) is 1.83. The second-order valence-electron chi connectivity index (χ2n) is 7.63. The molecule has 0 spiro atoms. The monoisotopic (exact) mass is 523 g/mol. The predicted octanol–water partition coefficient (Wildman–Crippen LogP) is 3.80. The molecule has 0 saturated carbocycles. The van der Waals surface area contributed by atoms with E-state index in [-0.39, 0.29) is 30.1 Å². The van der Waals surface area contributed by atoms with E-state index in [0.29, 0.717) is 6.54 Å². The Morgan fingerprint density at radius 2 is 2.07 bits per heavy atom. The molecular formula is C23H34IN5O. The van der Waals surface area contributed by atoms with Crippen LogP contribution in [0.15, 0.2) is 41.5 Å². The van der Waals surface area contributed by atoms with Gasteiger partial charge in [0.25, 0.3) is 0 Å². The van der Waals surface area contributed by atoms with Gasteiger partial charge in [-0.1, -0.05) is 29.8 Å². The van der Waals surface area contributed by atoms with Crippen molar-refractivity contribution in [3.05, 3.63) is 58.8 Å². The quantitative estimate of drug-likeness (QED) is 0.343. The number of hydrogen-bond acceptors (Lipinski definition) is 4. The Labute approximate surface area is 197 Å². The van der Waals surface area contributed by atoms with E-state index < -0.39 is 0 Å². The molecule has 1 fully saturated rings. The van der Waals surface area contributed by atoms with Crippen molar-refractivity contribution in [2.45, 2.75) is 46.9 Å². The third kappa shape index (κ3) is 7.12. The van der Waals surface area contributed by atoms with Crippen molar-refractivity contribution in [3.63, 3.8) is 0 Å². The molecule has 30 heavy (non-hydrogen) atoms. The standard InChI is InChI=1S/C23H33N5O.HI/c1-5-24-23(27-15-21-8-6-17(2)12-18(21)3)26-14-20-7-9-22(25-13-20)28-10-11-29-19(4)16-28;/h6-9,12-13,19H,5,10-11,14-16H2,1-4H3,(H2,24,26,27);1H. The number of rotatable bonds is 6. The van der Waals surface area contributed by atoms with Gasteiger partial charge in [0.15, 0.2) is 5.96 Å². The van der Waals surface area contributed by atoms with Crippen LogP contribution in [0, 0.1) is 13.8 Å². The molecule has 164 valence electrons. The van der Waals surface area contributed by atoms with Gasteiger partial charge in [-0.15, -0.1) is 24.0 Å². The highest BCUT2D eigenvalue weighted by Crippen LogP contribution is 2.16. The van der Waals surface area contributed by atoms with Crippen molar-refractivity contribution in [3.8, 4) is 0 Å². The summed E-state index contributed by atoms with van der Waals surface area (Å²) in [6.45, 7) is 13.2. The van der Waals surface area contributed by atoms with E-state index >= 15 is 0 Å². The van der Waals surface area contributed by atoms with Gasteiger partial charge in [0.2, 0.25) is 0 Å². The number of aryl methyl sites for hydroxylation is 2. The molecule has 2 heterocycles. The van der Waals surface area contributed by atoms with Crippen molar-refractivity contribution >= 4 is 35.8 Å². The molecule has 1 saturated heterocycles. The summed E-state index contributed by atoms with van der Waals surface area (Å²) in [7, 11) is 0. The zero-order chi connectivity index (χ0) is 20.6. The highest BCUT2D eigenvalue weighted by Gasteiger charge is 2.17. The summed E-state index contributed by atoms with van der Waals surface area (Å²) in [5, 5.41) is 6.75. The third-order valence-corrected chi connectivity index (χ3v) is 5.08. The molecule has 2 N–H and O–H groups in total. The lowest BCUT2D eigenvalue weighted by molar-refractivity contribution is 0.0529. The molecule has 0 amide bonds. The average molecular weight is 523 g/mol. The molecule has 0 aliphatic carbocycles. The van der Waals surface area contributed by atoms with E-state index in [1.807, 2.05) is 6.20 Å². The van der Waals surface area contributed by atoms with Crippen molar-refractivity contribution in [1.82, 2.24) is 15.6 Å². The van der Waals surface area contributed by atoms with Gasteiger partial charge in [-0.2, -0.15) is 0 Å².